The van der Waals surface area contributed by atoms with Crippen LogP contribution in [0.5, 0.6) is 0 Å². The molecule has 0 aliphatic carbocycles. The van der Waals surface area contributed by atoms with Crippen LogP contribution in [-0.4, -0.2) is 44.8 Å². The van der Waals surface area contributed by atoms with Crippen molar-refractivity contribution in [2.24, 2.45) is 0 Å². The minimum Gasteiger partial charge on any atom is -0.396 e. The maximum absolute atomic E-state index is 12.5. The third kappa shape index (κ3) is 4.60. The number of aliphatic hydroxyl groups is 1. The van der Waals surface area contributed by atoms with E-state index in [1.807, 2.05) is 29.3 Å². The number of piperidine rings is 1. The first-order chi connectivity index (χ1) is 12.3. The average Bonchev–Trinajstić information content (AvgIpc) is 3.08. The number of likely N-dealkylation sites (tertiary alicyclic amines) is 1. The largest absolute Gasteiger partial charge is 0.396 e. The molecular formula is C19H26N4O2. The molecule has 0 spiro atoms. The van der Waals surface area contributed by atoms with Gasteiger partial charge in [-0.25, -0.2) is 9.78 Å². The Bertz CT molecular complexity index is 669. The molecule has 6 heteroatoms. The lowest BCUT2D eigenvalue weighted by Gasteiger charge is -2.35. The number of nitrogens with zero attached hydrogens (tertiary/aromatic N) is 3. The zero-order valence-corrected chi connectivity index (χ0v) is 14.5. The number of urea groups is 1. The zero-order chi connectivity index (χ0) is 17.5. The van der Waals surface area contributed by atoms with Crippen LogP contribution in [0.3, 0.4) is 0 Å². The van der Waals surface area contributed by atoms with Crippen LogP contribution in [0.4, 0.5) is 4.79 Å². The zero-order valence-electron chi connectivity index (χ0n) is 14.5. The number of aliphatic hydroxyl groups excluding tert-OH is 1. The molecule has 6 nitrogen and oxygen atoms in total. The van der Waals surface area contributed by atoms with Crippen LogP contribution >= 0.6 is 0 Å². The third-order valence-corrected chi connectivity index (χ3v) is 4.75. The smallest absolute Gasteiger partial charge is 0.318 e. The fourth-order valence-electron chi connectivity index (χ4n) is 3.40. The number of hydrogen-bond donors (Lipinski definition) is 2. The Morgan fingerprint density at radius 1 is 1.28 bits per heavy atom. The molecule has 1 saturated heterocycles. The quantitative estimate of drug-likeness (QED) is 0.847. The lowest BCUT2D eigenvalue weighted by atomic mass is 10.0. The predicted molar refractivity (Wildman–Crippen MR) is 96.1 cm³/mol. The maximum atomic E-state index is 12.5. The molecule has 1 aromatic heterocycles. The van der Waals surface area contributed by atoms with Crippen LogP contribution < -0.4 is 5.32 Å². The van der Waals surface area contributed by atoms with E-state index in [1.165, 1.54) is 5.56 Å². The number of carbonyl (C=O) groups is 1. The molecule has 1 atom stereocenters. The number of aromatic nitrogens is 2. The van der Waals surface area contributed by atoms with Crippen molar-refractivity contribution >= 4 is 6.03 Å². The first-order valence-electron chi connectivity index (χ1n) is 8.97. The Morgan fingerprint density at radius 3 is 2.92 bits per heavy atom. The monoisotopic (exact) mass is 342 g/mol. The van der Waals surface area contributed by atoms with Gasteiger partial charge in [-0.2, -0.15) is 0 Å². The number of benzene rings is 1. The summed E-state index contributed by atoms with van der Waals surface area (Å²) in [6.07, 6.45) is 7.46. The molecule has 2 aromatic rings. The molecule has 134 valence electrons. The molecule has 2 N–H and O–H groups in total. The second-order valence-corrected chi connectivity index (χ2v) is 6.47. The van der Waals surface area contributed by atoms with E-state index in [0.29, 0.717) is 13.0 Å². The fraction of sp³-hybridized carbons (Fsp3) is 0.474. The molecule has 1 fully saturated rings. The Morgan fingerprint density at radius 2 is 2.12 bits per heavy atom. The molecular weight excluding hydrogens is 316 g/mol. The van der Waals surface area contributed by atoms with Gasteiger partial charge < -0.3 is 19.9 Å². The molecule has 1 aliphatic rings. The van der Waals surface area contributed by atoms with Crippen LogP contribution in [0.25, 0.3) is 0 Å². The molecule has 1 aliphatic heterocycles. The standard InChI is InChI=1S/C19H26N4O2/c24-13-9-17-8-4-5-11-23(17)19(25)21-14-18-20-10-12-22(18)15-16-6-2-1-3-7-16/h1-3,6-7,10,12,17,24H,4-5,8-9,11,13-15H2,(H,21,25). The van der Waals surface area contributed by atoms with Gasteiger partial charge in [-0.3, -0.25) is 0 Å². The van der Waals surface area contributed by atoms with Crippen LogP contribution in [0, 0.1) is 0 Å². The SMILES string of the molecule is O=C(NCc1nccn1Cc1ccccc1)N1CCCCC1CCO. The summed E-state index contributed by atoms with van der Waals surface area (Å²) in [5.74, 6) is 0.841. The summed E-state index contributed by atoms with van der Waals surface area (Å²) >= 11 is 0. The van der Waals surface area contributed by atoms with Crippen LogP contribution in [0.15, 0.2) is 42.7 Å². The lowest BCUT2D eigenvalue weighted by molar-refractivity contribution is 0.131. The van der Waals surface area contributed by atoms with Gasteiger partial charge >= 0.3 is 6.03 Å². The van der Waals surface area contributed by atoms with Gasteiger partial charge in [0.2, 0.25) is 0 Å². The number of nitrogens with one attached hydrogen (secondary N) is 1. The van der Waals surface area contributed by atoms with E-state index < -0.39 is 0 Å². The van der Waals surface area contributed by atoms with E-state index >= 15 is 0 Å². The topological polar surface area (TPSA) is 70.4 Å². The highest BCUT2D eigenvalue weighted by atomic mass is 16.3. The van der Waals surface area contributed by atoms with Crippen molar-refractivity contribution < 1.29 is 9.90 Å². The summed E-state index contributed by atoms with van der Waals surface area (Å²) < 4.78 is 2.05. The van der Waals surface area contributed by atoms with E-state index in [2.05, 4.69) is 27.0 Å². The van der Waals surface area contributed by atoms with Gasteiger partial charge in [0.15, 0.2) is 0 Å². The first kappa shape index (κ1) is 17.5. The molecule has 0 radical (unpaired) electrons. The van der Waals surface area contributed by atoms with Crippen LogP contribution in [-0.2, 0) is 13.1 Å². The molecule has 0 bridgehead atoms. The number of hydrogen-bond acceptors (Lipinski definition) is 3. The lowest BCUT2D eigenvalue weighted by Crippen LogP contribution is -2.48. The predicted octanol–water partition coefficient (Wildman–Crippen LogP) is 2.38. The van der Waals surface area contributed by atoms with E-state index in [0.717, 1.165) is 38.2 Å². The molecule has 1 unspecified atom stereocenters. The summed E-state index contributed by atoms with van der Waals surface area (Å²) in [6, 6.07) is 10.3. The summed E-state index contributed by atoms with van der Waals surface area (Å²) in [5, 5.41) is 12.2. The summed E-state index contributed by atoms with van der Waals surface area (Å²) in [4.78, 5) is 18.8. The summed E-state index contributed by atoms with van der Waals surface area (Å²) in [7, 11) is 0. The minimum absolute atomic E-state index is 0.0626. The molecule has 0 saturated carbocycles. The highest BCUT2D eigenvalue weighted by molar-refractivity contribution is 5.74. The van der Waals surface area contributed by atoms with Crippen molar-refractivity contribution in [3.63, 3.8) is 0 Å². The number of rotatable bonds is 6. The van der Waals surface area contributed by atoms with Crippen molar-refractivity contribution in [2.75, 3.05) is 13.2 Å². The second-order valence-electron chi connectivity index (χ2n) is 6.47. The number of carbonyl (C=O) groups excluding carboxylic acids is 1. The Hall–Kier alpha value is -2.34. The summed E-state index contributed by atoms with van der Waals surface area (Å²) in [5.41, 5.74) is 1.20. The highest BCUT2D eigenvalue weighted by Gasteiger charge is 2.26. The van der Waals surface area contributed by atoms with Crippen molar-refractivity contribution in [1.29, 1.82) is 0 Å². The molecule has 3 rings (SSSR count). The van der Waals surface area contributed by atoms with E-state index in [-0.39, 0.29) is 18.7 Å². The Kier molecular flexibility index (Phi) is 6.06. The number of amides is 2. The molecule has 25 heavy (non-hydrogen) atoms. The van der Waals surface area contributed by atoms with Gasteiger partial charge in [-0.05, 0) is 31.2 Å². The van der Waals surface area contributed by atoms with Crippen molar-refractivity contribution in [1.82, 2.24) is 19.8 Å². The van der Waals surface area contributed by atoms with Gasteiger partial charge in [0.1, 0.15) is 5.82 Å². The second kappa shape index (κ2) is 8.67. The van der Waals surface area contributed by atoms with E-state index in [4.69, 9.17) is 0 Å². The van der Waals surface area contributed by atoms with Crippen molar-refractivity contribution in [3.8, 4) is 0 Å². The molecule has 2 heterocycles. The normalized spacial score (nSPS) is 17.5. The van der Waals surface area contributed by atoms with Gasteiger partial charge in [-0.15, -0.1) is 0 Å². The Labute approximate surface area is 148 Å². The average molecular weight is 342 g/mol. The van der Waals surface area contributed by atoms with Crippen LogP contribution in [0.1, 0.15) is 37.1 Å². The molecule has 1 aromatic carbocycles. The number of imidazole rings is 1. The van der Waals surface area contributed by atoms with Gasteiger partial charge in [0.25, 0.3) is 0 Å². The fourth-order valence-corrected chi connectivity index (χ4v) is 3.40. The van der Waals surface area contributed by atoms with Crippen molar-refractivity contribution in [3.05, 3.63) is 54.1 Å². The van der Waals surface area contributed by atoms with Crippen molar-refractivity contribution in [2.45, 2.75) is 44.8 Å². The maximum Gasteiger partial charge on any atom is 0.318 e. The third-order valence-electron chi connectivity index (χ3n) is 4.75. The van der Waals surface area contributed by atoms with E-state index in [1.54, 1.807) is 6.20 Å². The minimum atomic E-state index is -0.0626. The first-order valence-corrected chi connectivity index (χ1v) is 8.97. The highest BCUT2D eigenvalue weighted by Crippen LogP contribution is 2.19. The van der Waals surface area contributed by atoms with E-state index in [9.17, 15) is 9.90 Å². The Balaban J connectivity index is 1.58. The summed E-state index contributed by atoms with van der Waals surface area (Å²) in [6.45, 7) is 2.02. The molecule has 2 amide bonds. The van der Waals surface area contributed by atoms with Gasteiger partial charge in [0.05, 0.1) is 6.54 Å². The van der Waals surface area contributed by atoms with Gasteiger partial charge in [-0.1, -0.05) is 30.3 Å². The van der Waals surface area contributed by atoms with Gasteiger partial charge in [0, 0.05) is 38.1 Å². The van der Waals surface area contributed by atoms with Crippen LogP contribution in [0.2, 0.25) is 0 Å².